The van der Waals surface area contributed by atoms with Crippen LogP contribution in [0, 0.1) is 0 Å². The van der Waals surface area contributed by atoms with Crippen molar-refractivity contribution < 1.29 is 45.7 Å². The maximum atomic E-state index is 16.2. The first-order chi connectivity index (χ1) is 33.6. The number of amides is 1. The molecule has 2 heterocycles. The normalized spacial score (nSPS) is 12.8. The molecule has 0 unspecified atom stereocenters. The summed E-state index contributed by atoms with van der Waals surface area (Å²) in [5, 5.41) is 26.8. The summed E-state index contributed by atoms with van der Waals surface area (Å²) in [4.78, 5) is 21.3. The summed E-state index contributed by atoms with van der Waals surface area (Å²) in [6.45, 7) is 10.5. The standard InChI is InChI=1S/C50H60N8O10S2Si/c1-50(2,3)68-49(60)52-42(32-59)47-51-41-12-10-11-40(45(41)53-47)39-25-26-43(69(61,62)27-28-71(7,8)9)46(44(39)48-54-56-58(55-48)31-35-17-23-38(67-6)24-18-35)70(63,64)57(29-33-13-19-36(65-4)20-14-33)30-34-15-21-37(66-5)22-16-34/h10-26,42,59H,27-32H2,1-9H3,(H,51,53)(H,52,60)/t42-/m1/s1. The van der Waals surface area contributed by atoms with Crippen molar-refractivity contribution in [2.75, 3.05) is 33.7 Å². The maximum absolute atomic E-state index is 16.2. The monoisotopic (exact) mass is 1020 g/mol. The topological polar surface area (TPSA) is 230 Å². The van der Waals surface area contributed by atoms with Gasteiger partial charge in [-0.05, 0) is 103 Å². The van der Waals surface area contributed by atoms with E-state index in [-0.39, 0.29) is 48.2 Å². The number of alkyl carbamates (subject to hydrolysis) is 1. The number of hydrogen-bond acceptors (Lipinski definition) is 14. The van der Waals surface area contributed by atoms with E-state index in [0.29, 0.717) is 51.0 Å². The van der Waals surface area contributed by atoms with Crippen LogP contribution >= 0.6 is 0 Å². The molecule has 7 rings (SSSR count). The van der Waals surface area contributed by atoms with Gasteiger partial charge in [-0.15, -0.1) is 10.2 Å². The number of nitrogens with zero attached hydrogens (tertiary/aromatic N) is 6. The van der Waals surface area contributed by atoms with E-state index >= 15 is 16.8 Å². The Morgan fingerprint density at radius 3 is 1.87 bits per heavy atom. The number of aromatic amines is 1. The molecule has 0 aliphatic rings. The highest BCUT2D eigenvalue weighted by molar-refractivity contribution is 7.93. The van der Waals surface area contributed by atoms with Crippen LogP contribution in [0.25, 0.3) is 33.5 Å². The molecular weight excluding hydrogens is 965 g/mol. The molecule has 0 aliphatic carbocycles. The molecule has 376 valence electrons. The molecule has 0 radical (unpaired) electrons. The highest BCUT2D eigenvalue weighted by atomic mass is 32.2. The molecule has 21 heteroatoms. The molecule has 5 aromatic carbocycles. The van der Waals surface area contributed by atoms with E-state index in [9.17, 15) is 9.90 Å². The fourth-order valence-corrected chi connectivity index (χ4v) is 14.5. The number of rotatable bonds is 20. The van der Waals surface area contributed by atoms with Gasteiger partial charge in [-0.25, -0.2) is 26.6 Å². The summed E-state index contributed by atoms with van der Waals surface area (Å²) in [7, 11) is -6.65. The van der Waals surface area contributed by atoms with Crippen LogP contribution in [0.1, 0.15) is 49.3 Å². The number of methoxy groups -OCH3 is 3. The molecule has 1 amide bonds. The number of sulfone groups is 1. The van der Waals surface area contributed by atoms with Crippen molar-refractivity contribution >= 4 is 45.1 Å². The molecule has 71 heavy (non-hydrogen) atoms. The quantitative estimate of drug-likeness (QED) is 0.0614. The van der Waals surface area contributed by atoms with Gasteiger partial charge in [0, 0.05) is 26.7 Å². The van der Waals surface area contributed by atoms with Gasteiger partial charge in [0.05, 0.1) is 61.7 Å². The molecular formula is C50H60N8O10S2Si. The van der Waals surface area contributed by atoms with Crippen molar-refractivity contribution in [3.63, 3.8) is 0 Å². The first kappa shape index (κ1) is 52.2. The molecule has 3 N–H and O–H groups in total. The Kier molecular flexibility index (Phi) is 15.7. The van der Waals surface area contributed by atoms with Crippen LogP contribution in [0.15, 0.2) is 113 Å². The number of benzene rings is 5. The second-order valence-electron chi connectivity index (χ2n) is 19.1. The van der Waals surface area contributed by atoms with Crippen molar-refractivity contribution in [3.8, 4) is 39.8 Å². The van der Waals surface area contributed by atoms with Gasteiger partial charge in [-0.3, -0.25) is 0 Å². The fraction of sp³-hybridized carbons (Fsp3) is 0.340. The number of H-pyrrole nitrogens is 1. The molecule has 18 nitrogen and oxygen atoms in total. The van der Waals surface area contributed by atoms with Crippen LogP contribution < -0.4 is 19.5 Å². The number of aliphatic hydroxyl groups excluding tert-OH is 1. The van der Waals surface area contributed by atoms with Gasteiger partial charge in [0.2, 0.25) is 15.8 Å². The van der Waals surface area contributed by atoms with Crippen molar-refractivity contribution in [1.29, 1.82) is 0 Å². The predicted molar refractivity (Wildman–Crippen MR) is 272 cm³/mol. The summed E-state index contributed by atoms with van der Waals surface area (Å²) < 4.78 is 85.3. The minimum atomic E-state index is -4.91. The van der Waals surface area contributed by atoms with Gasteiger partial charge in [-0.1, -0.05) is 74.2 Å². The summed E-state index contributed by atoms with van der Waals surface area (Å²) in [6, 6.07) is 28.5. The van der Waals surface area contributed by atoms with E-state index in [1.54, 1.807) is 113 Å². The zero-order valence-corrected chi connectivity index (χ0v) is 43.9. The lowest BCUT2D eigenvalue weighted by atomic mass is 9.98. The van der Waals surface area contributed by atoms with Crippen LogP contribution in [0.2, 0.25) is 25.7 Å². The minimum Gasteiger partial charge on any atom is -0.497 e. The fourth-order valence-electron chi connectivity index (χ4n) is 7.67. The molecule has 2 aromatic heterocycles. The van der Waals surface area contributed by atoms with E-state index in [0.717, 1.165) is 5.56 Å². The van der Waals surface area contributed by atoms with Gasteiger partial charge in [0.25, 0.3) is 0 Å². The van der Waals surface area contributed by atoms with E-state index < -0.39 is 62.1 Å². The predicted octanol–water partition coefficient (Wildman–Crippen LogP) is 8.02. The number of hydrogen-bond donors (Lipinski definition) is 3. The Bertz CT molecular complexity index is 3160. The summed E-state index contributed by atoms with van der Waals surface area (Å²) in [5.41, 5.74) is 2.37. The Balaban J connectivity index is 1.51. The number of sulfonamides is 1. The lowest BCUT2D eigenvalue weighted by Crippen LogP contribution is -2.36. The zero-order valence-electron chi connectivity index (χ0n) is 41.3. The average Bonchev–Trinajstić information content (AvgIpc) is 3.99. The maximum Gasteiger partial charge on any atom is 0.408 e. The van der Waals surface area contributed by atoms with Crippen molar-refractivity contribution in [2.24, 2.45) is 0 Å². The first-order valence-corrected chi connectivity index (χ1v) is 29.6. The van der Waals surface area contributed by atoms with Gasteiger partial charge in [0.15, 0.2) is 9.84 Å². The molecule has 0 spiro atoms. The lowest BCUT2D eigenvalue weighted by molar-refractivity contribution is 0.0478. The number of imidazole rings is 1. The van der Waals surface area contributed by atoms with Crippen LogP contribution in [-0.2, 0) is 44.2 Å². The molecule has 7 aromatic rings. The van der Waals surface area contributed by atoms with Gasteiger partial charge in [0.1, 0.15) is 39.6 Å². The molecule has 0 fully saturated rings. The largest absolute Gasteiger partial charge is 0.497 e. The molecule has 0 aliphatic heterocycles. The number of nitrogens with one attached hydrogen (secondary N) is 2. The summed E-state index contributed by atoms with van der Waals surface area (Å²) in [5.74, 6) is 1.46. The second-order valence-corrected chi connectivity index (χ2v) is 28.7. The van der Waals surface area contributed by atoms with Crippen molar-refractivity contribution in [3.05, 3.63) is 126 Å². The number of carbonyl (C=O) groups is 1. The minimum absolute atomic E-state index is 0.120. The third kappa shape index (κ3) is 12.6. The lowest BCUT2D eigenvalue weighted by Gasteiger charge is -2.26. The van der Waals surface area contributed by atoms with Gasteiger partial charge in [-0.2, -0.15) is 9.10 Å². The van der Waals surface area contributed by atoms with Gasteiger partial charge >= 0.3 is 6.09 Å². The Hall–Kier alpha value is -6.65. The highest BCUT2D eigenvalue weighted by Gasteiger charge is 2.39. The zero-order chi connectivity index (χ0) is 51.3. The van der Waals surface area contributed by atoms with E-state index in [2.05, 4.69) is 20.6 Å². The van der Waals surface area contributed by atoms with Crippen LogP contribution in [-0.4, -0.2) is 110 Å². The molecule has 0 saturated carbocycles. The second kappa shape index (κ2) is 21.4. The van der Waals surface area contributed by atoms with E-state index in [4.69, 9.17) is 29.0 Å². The number of aromatic nitrogens is 6. The van der Waals surface area contributed by atoms with Gasteiger partial charge < -0.3 is 34.4 Å². The van der Waals surface area contributed by atoms with Crippen LogP contribution in [0.3, 0.4) is 0 Å². The van der Waals surface area contributed by atoms with Crippen molar-refractivity contribution in [1.82, 2.24) is 39.8 Å². The Morgan fingerprint density at radius 1 is 0.789 bits per heavy atom. The number of aliphatic hydroxyl groups is 1. The van der Waals surface area contributed by atoms with Crippen LogP contribution in [0.5, 0.6) is 17.2 Å². The molecule has 0 bridgehead atoms. The number of para-hydroxylation sites is 1. The molecule has 0 saturated heterocycles. The van der Waals surface area contributed by atoms with E-state index in [1.807, 2.05) is 31.8 Å². The Labute approximate surface area is 415 Å². The summed E-state index contributed by atoms with van der Waals surface area (Å²) >= 11 is 0. The smallest absolute Gasteiger partial charge is 0.408 e. The van der Waals surface area contributed by atoms with Crippen LogP contribution in [0.4, 0.5) is 4.79 Å². The average molecular weight is 1030 g/mol. The van der Waals surface area contributed by atoms with E-state index in [1.165, 1.54) is 29.4 Å². The SMILES string of the molecule is COc1ccc(CN(Cc2ccc(OC)cc2)S(=O)(=O)c2c(S(=O)(=O)CC[Si](C)(C)C)ccc(-c3cccc4[nH]c([C@@H](CO)NC(=O)OC(C)(C)C)nc34)c2-c2nnn(Cc3ccc(OC)cc3)n2)cc1. The van der Waals surface area contributed by atoms with Crippen molar-refractivity contribution in [2.45, 2.75) is 87.5 Å². The summed E-state index contributed by atoms with van der Waals surface area (Å²) in [6.07, 6.45) is -0.780. The molecule has 1 atom stereocenters. The number of ether oxygens (including phenoxy) is 4. The number of tetrazole rings is 1. The first-order valence-electron chi connectivity index (χ1n) is 22.8. The Morgan fingerprint density at radius 2 is 1.35 bits per heavy atom. The highest BCUT2D eigenvalue weighted by Crippen LogP contribution is 2.43. The number of carbonyl (C=O) groups excluding carboxylic acids is 1. The third-order valence-electron chi connectivity index (χ3n) is 11.4. The third-order valence-corrected chi connectivity index (χ3v) is 17.3. The number of fused-ring (bicyclic) bond motifs is 1.